The van der Waals surface area contributed by atoms with Crippen LogP contribution in [-0.4, -0.2) is 67.1 Å². The Balaban J connectivity index is 2.36. The van der Waals surface area contributed by atoms with Crippen LogP contribution in [0.3, 0.4) is 0 Å². The molecule has 0 N–H and O–H groups in total. The topological polar surface area (TPSA) is 118 Å². The van der Waals surface area contributed by atoms with Crippen LogP contribution in [0.2, 0.25) is 31.3 Å². The Bertz CT molecular complexity index is 1490. The number of carbonyl (C=O) groups is 2. The second-order valence-electron chi connectivity index (χ2n) is 17.2. The lowest BCUT2D eigenvalue weighted by Crippen LogP contribution is -2.45. The first-order chi connectivity index (χ1) is 21.6. The number of halogens is 1. The molecule has 2 amide bonds. The molecule has 0 aromatic carbocycles. The summed E-state index contributed by atoms with van der Waals surface area (Å²) in [4.78, 5) is 41.5. The van der Waals surface area contributed by atoms with Crippen molar-refractivity contribution in [3.05, 3.63) is 23.6 Å². The number of nitrogens with zero attached hydrogens (tertiary/aromatic N) is 5. The molecular formula is C34H56ClN5O6Si2. The third-order valence-corrected chi connectivity index (χ3v) is 9.68. The van der Waals surface area contributed by atoms with E-state index in [1.165, 1.54) is 0 Å². The molecule has 2 radical (unpaired) electrons. The van der Waals surface area contributed by atoms with E-state index in [1.54, 1.807) is 47.9 Å². The average molecular weight is 722 g/mol. The fraction of sp³-hybridized carbons (Fsp3) is 0.735. The first-order valence-corrected chi connectivity index (χ1v) is 21.6. The van der Waals surface area contributed by atoms with Gasteiger partial charge in [0.2, 0.25) is 24.0 Å². The van der Waals surface area contributed by atoms with Crippen molar-refractivity contribution in [3.8, 4) is 0 Å². The van der Waals surface area contributed by atoms with Gasteiger partial charge in [-0.15, -0.1) is 4.90 Å². The van der Waals surface area contributed by atoms with Gasteiger partial charge in [-0.1, -0.05) is 59.7 Å². The van der Waals surface area contributed by atoms with Crippen molar-refractivity contribution >= 4 is 59.0 Å². The summed E-state index contributed by atoms with van der Waals surface area (Å²) >= 11 is 6.76. The fourth-order valence-corrected chi connectivity index (χ4v) is 8.37. The van der Waals surface area contributed by atoms with Crippen LogP contribution in [0.5, 0.6) is 0 Å². The summed E-state index contributed by atoms with van der Waals surface area (Å²) in [5, 5.41) is -0.0489. The van der Waals surface area contributed by atoms with E-state index in [0.29, 0.717) is 11.3 Å². The van der Waals surface area contributed by atoms with Crippen LogP contribution in [-0.2, 0) is 24.1 Å². The summed E-state index contributed by atoms with van der Waals surface area (Å²) in [6, 6.07) is 0. The van der Waals surface area contributed by atoms with Crippen LogP contribution in [0.25, 0.3) is 11.2 Å². The van der Waals surface area contributed by atoms with Crippen molar-refractivity contribution in [3.63, 3.8) is 0 Å². The summed E-state index contributed by atoms with van der Waals surface area (Å²) in [5.41, 5.74) is -1.83. The zero-order valence-electron chi connectivity index (χ0n) is 31.8. The number of rotatable bonds is 7. The van der Waals surface area contributed by atoms with Gasteiger partial charge in [-0.25, -0.2) is 14.6 Å². The fourth-order valence-electron chi connectivity index (χ4n) is 6.16. The molecule has 1 unspecified atom stereocenters. The van der Waals surface area contributed by atoms with Crippen molar-refractivity contribution in [1.29, 1.82) is 0 Å². The zero-order valence-corrected chi connectivity index (χ0v) is 34.5. The second-order valence-corrected chi connectivity index (χ2v) is 21.7. The molecule has 4 atom stereocenters. The smallest absolute Gasteiger partial charge is 0.427 e. The zero-order chi connectivity index (χ0) is 36.9. The minimum atomic E-state index is -1.36. The highest BCUT2D eigenvalue weighted by atomic mass is 35.5. The molecule has 2 heterocycles. The third-order valence-electron chi connectivity index (χ3n) is 7.94. The molecule has 14 heteroatoms. The van der Waals surface area contributed by atoms with E-state index in [9.17, 15) is 9.59 Å². The molecule has 1 aliphatic carbocycles. The third kappa shape index (κ3) is 8.87. The van der Waals surface area contributed by atoms with Gasteiger partial charge in [0.1, 0.15) is 16.7 Å². The minimum Gasteiger partial charge on any atom is -0.443 e. The van der Waals surface area contributed by atoms with E-state index in [1.807, 2.05) is 4.57 Å². The molecule has 0 saturated heterocycles. The van der Waals surface area contributed by atoms with Crippen molar-refractivity contribution in [2.75, 3.05) is 4.90 Å². The monoisotopic (exact) mass is 721 g/mol. The standard InChI is InChI=1S/C34H56ClN5O6Si2/c1-20-22(24(31(5,6)7)45-47(14)15)21(30(2,3)4)18-34(20,46-48(16)17)39-19-36-23-25(35)37-27(38-26(23)39)40(28(41)43-32(8,9)10)29(42)44-33(11,12)13/h19,21-22,24H,1,18H2,2-17H3/t21-,22-,24?,34-/m0/s1. The van der Waals surface area contributed by atoms with E-state index in [4.69, 9.17) is 41.5 Å². The first kappa shape index (κ1) is 40.1. The number of ether oxygens (including phenoxy) is 2. The van der Waals surface area contributed by atoms with Crippen molar-refractivity contribution < 1.29 is 27.9 Å². The number of amides is 2. The van der Waals surface area contributed by atoms with E-state index >= 15 is 0 Å². The summed E-state index contributed by atoms with van der Waals surface area (Å²) in [7, 11) is -2.44. The number of anilines is 1. The molecule has 2 aromatic heterocycles. The Morgan fingerprint density at radius 3 is 1.88 bits per heavy atom. The van der Waals surface area contributed by atoms with Crippen LogP contribution >= 0.6 is 11.6 Å². The molecule has 48 heavy (non-hydrogen) atoms. The largest absolute Gasteiger partial charge is 0.443 e. The highest BCUT2D eigenvalue weighted by Gasteiger charge is 2.58. The van der Waals surface area contributed by atoms with Gasteiger partial charge in [0.25, 0.3) is 0 Å². The van der Waals surface area contributed by atoms with Gasteiger partial charge in [0.05, 0.1) is 12.4 Å². The molecule has 3 rings (SSSR count). The van der Waals surface area contributed by atoms with Gasteiger partial charge in [-0.05, 0) is 90.1 Å². The number of fused-ring (bicyclic) bond motifs is 1. The molecule has 1 fully saturated rings. The van der Waals surface area contributed by atoms with E-state index in [2.05, 4.69) is 77.7 Å². The van der Waals surface area contributed by atoms with Crippen LogP contribution < -0.4 is 4.90 Å². The quantitative estimate of drug-likeness (QED) is 0.157. The number of imidazole rings is 1. The lowest BCUT2D eigenvalue weighted by Gasteiger charge is -2.43. The van der Waals surface area contributed by atoms with Crippen LogP contribution in [0.15, 0.2) is 18.5 Å². The number of hydrogen-bond donors (Lipinski definition) is 0. The maximum Gasteiger partial charge on any atom is 0.427 e. The summed E-state index contributed by atoms with van der Waals surface area (Å²) < 4.78 is 26.9. The number of carbonyl (C=O) groups excluding carboxylic acids is 2. The molecule has 1 aliphatic rings. The summed E-state index contributed by atoms with van der Waals surface area (Å²) in [6.45, 7) is 36.8. The highest BCUT2D eigenvalue weighted by Crippen LogP contribution is 2.58. The van der Waals surface area contributed by atoms with Gasteiger partial charge >= 0.3 is 12.2 Å². The predicted octanol–water partition coefficient (Wildman–Crippen LogP) is 9.00. The normalized spacial score (nSPS) is 21.7. The van der Waals surface area contributed by atoms with Gasteiger partial charge in [-0.2, -0.15) is 9.97 Å². The average Bonchev–Trinajstić information content (AvgIpc) is 3.39. The summed E-state index contributed by atoms with van der Waals surface area (Å²) in [6.07, 6.45) is 0.0752. The highest BCUT2D eigenvalue weighted by molar-refractivity contribution is 6.48. The molecule has 11 nitrogen and oxygen atoms in total. The molecular weight excluding hydrogens is 666 g/mol. The van der Waals surface area contributed by atoms with Gasteiger partial charge in [-0.3, -0.25) is 4.57 Å². The lowest BCUT2D eigenvalue weighted by molar-refractivity contribution is 0.00573. The Morgan fingerprint density at radius 2 is 1.46 bits per heavy atom. The maximum atomic E-state index is 13.5. The number of hydrogen-bond acceptors (Lipinski definition) is 9. The van der Waals surface area contributed by atoms with Crippen LogP contribution in [0, 0.1) is 22.7 Å². The molecule has 0 bridgehead atoms. The van der Waals surface area contributed by atoms with E-state index in [0.717, 1.165) is 5.57 Å². The Labute approximate surface area is 295 Å². The van der Waals surface area contributed by atoms with Crippen molar-refractivity contribution in [2.45, 2.75) is 139 Å². The Morgan fingerprint density at radius 1 is 0.938 bits per heavy atom. The molecule has 1 saturated carbocycles. The number of imide groups is 1. The first-order valence-electron chi connectivity index (χ1n) is 16.4. The van der Waals surface area contributed by atoms with Crippen LogP contribution in [0.4, 0.5) is 15.5 Å². The number of aromatic nitrogens is 4. The second kappa shape index (κ2) is 13.8. The van der Waals surface area contributed by atoms with E-state index in [-0.39, 0.29) is 51.0 Å². The minimum absolute atomic E-state index is 0.0489. The van der Waals surface area contributed by atoms with Gasteiger partial charge in [0, 0.05) is 12.3 Å². The Hall–Kier alpha value is -2.33. The van der Waals surface area contributed by atoms with Crippen LogP contribution in [0.1, 0.15) is 89.5 Å². The Kier molecular flexibility index (Phi) is 11.5. The predicted molar refractivity (Wildman–Crippen MR) is 194 cm³/mol. The summed E-state index contributed by atoms with van der Waals surface area (Å²) in [5.74, 6) is -0.272. The SMILES string of the molecule is C=C1[C@H](C(O[Si](C)C)C(C)(C)C)[C@@H](C(C)(C)C)C[C@@]1(O[Si](C)C)n1cnc2c(Cl)nc(N(C(=O)OC(C)(C)C)C(=O)OC(C)(C)C)nc21. The molecule has 268 valence electrons. The van der Waals surface area contributed by atoms with Gasteiger partial charge < -0.3 is 18.3 Å². The van der Waals surface area contributed by atoms with E-state index < -0.39 is 47.2 Å². The van der Waals surface area contributed by atoms with Gasteiger partial charge in [0.15, 0.2) is 16.5 Å². The van der Waals surface area contributed by atoms with Crippen molar-refractivity contribution in [2.24, 2.45) is 22.7 Å². The molecule has 0 aliphatic heterocycles. The maximum absolute atomic E-state index is 13.5. The van der Waals surface area contributed by atoms with Crippen molar-refractivity contribution in [1.82, 2.24) is 19.5 Å². The lowest BCUT2D eigenvalue weighted by atomic mass is 9.68. The molecule has 2 aromatic rings. The molecule has 0 spiro atoms.